The first-order valence-electron chi connectivity index (χ1n) is 7.50. The van der Waals surface area contributed by atoms with Gasteiger partial charge in [0.2, 0.25) is 0 Å². The smallest absolute Gasteiger partial charge is 0.138 e. The van der Waals surface area contributed by atoms with Crippen LogP contribution in [-0.2, 0) is 11.3 Å². The normalized spacial score (nSPS) is 14.7. The number of nitrogens with zero attached hydrogens (tertiary/aromatic N) is 1. The molecule has 1 fully saturated rings. The van der Waals surface area contributed by atoms with Crippen LogP contribution in [0.3, 0.4) is 0 Å². The molecule has 1 aliphatic rings. The molecule has 0 amide bonds. The minimum atomic E-state index is 0.685. The van der Waals surface area contributed by atoms with Gasteiger partial charge in [-0.25, -0.2) is 4.98 Å². The van der Waals surface area contributed by atoms with Crippen LogP contribution in [0, 0.1) is 5.92 Å². The number of nitrogens with one attached hydrogen (secondary N) is 1. The molecular weight excluding hydrogens is 260 g/mol. The molecule has 0 saturated heterocycles. The minimum Gasteiger partial charge on any atom is -0.376 e. The first kappa shape index (κ1) is 12.6. The Hall–Kier alpha value is -2.13. The van der Waals surface area contributed by atoms with Gasteiger partial charge in [0.25, 0.3) is 0 Å². The van der Waals surface area contributed by atoms with Crippen LogP contribution >= 0.6 is 0 Å². The van der Waals surface area contributed by atoms with Crippen molar-refractivity contribution in [2.75, 3.05) is 6.61 Å². The number of aromatic amines is 1. The highest BCUT2D eigenvalue weighted by Gasteiger charge is 2.21. The van der Waals surface area contributed by atoms with Crippen molar-refractivity contribution in [2.45, 2.75) is 19.4 Å². The molecule has 0 radical (unpaired) electrons. The molecule has 3 aromatic rings. The largest absolute Gasteiger partial charge is 0.376 e. The van der Waals surface area contributed by atoms with Crippen molar-refractivity contribution in [1.29, 1.82) is 0 Å². The second-order valence-electron chi connectivity index (χ2n) is 5.76. The third-order valence-corrected chi connectivity index (χ3v) is 3.91. The van der Waals surface area contributed by atoms with Gasteiger partial charge in [-0.1, -0.05) is 30.3 Å². The van der Waals surface area contributed by atoms with Gasteiger partial charge in [-0.2, -0.15) is 0 Å². The number of rotatable bonds is 5. The van der Waals surface area contributed by atoms with Gasteiger partial charge in [0.15, 0.2) is 0 Å². The van der Waals surface area contributed by atoms with Gasteiger partial charge in [-0.3, -0.25) is 0 Å². The van der Waals surface area contributed by atoms with Gasteiger partial charge in [0.1, 0.15) is 5.82 Å². The first-order chi connectivity index (χ1) is 10.4. The summed E-state index contributed by atoms with van der Waals surface area (Å²) in [4.78, 5) is 8.02. The van der Waals surface area contributed by atoms with Gasteiger partial charge < -0.3 is 9.72 Å². The van der Waals surface area contributed by atoms with E-state index in [4.69, 9.17) is 4.74 Å². The maximum absolute atomic E-state index is 5.76. The fourth-order valence-electron chi connectivity index (χ4n) is 2.53. The zero-order chi connectivity index (χ0) is 14.1. The van der Waals surface area contributed by atoms with Crippen molar-refractivity contribution >= 4 is 11.0 Å². The van der Waals surface area contributed by atoms with E-state index in [9.17, 15) is 0 Å². The van der Waals surface area contributed by atoms with Crippen molar-refractivity contribution in [2.24, 2.45) is 5.92 Å². The SMILES string of the molecule is c1cc(COCC2CC2)cc(-c2nc3ccccc3[nH]2)c1. The summed E-state index contributed by atoms with van der Waals surface area (Å²) >= 11 is 0. The van der Waals surface area contributed by atoms with E-state index in [2.05, 4.69) is 40.3 Å². The van der Waals surface area contributed by atoms with Crippen molar-refractivity contribution in [3.05, 3.63) is 54.1 Å². The summed E-state index contributed by atoms with van der Waals surface area (Å²) in [5.74, 6) is 1.73. The topological polar surface area (TPSA) is 37.9 Å². The Bertz CT molecular complexity index is 726. The lowest BCUT2D eigenvalue weighted by atomic mass is 10.1. The summed E-state index contributed by atoms with van der Waals surface area (Å²) in [5, 5.41) is 0. The highest BCUT2D eigenvalue weighted by molar-refractivity contribution is 5.79. The second-order valence-corrected chi connectivity index (χ2v) is 5.76. The summed E-state index contributed by atoms with van der Waals surface area (Å²) in [6.07, 6.45) is 2.66. The highest BCUT2D eigenvalue weighted by Crippen LogP contribution is 2.29. The molecule has 0 unspecified atom stereocenters. The minimum absolute atomic E-state index is 0.685. The number of imidazole rings is 1. The standard InChI is InChI=1S/C18H18N2O/c1-2-7-17-16(6-1)19-18(20-17)15-5-3-4-14(10-15)12-21-11-13-8-9-13/h1-7,10,13H,8-9,11-12H2,(H,19,20). The fourth-order valence-corrected chi connectivity index (χ4v) is 2.53. The van der Waals surface area contributed by atoms with Crippen LogP contribution in [0.5, 0.6) is 0 Å². The van der Waals surface area contributed by atoms with E-state index in [1.807, 2.05) is 18.2 Å². The summed E-state index contributed by atoms with van der Waals surface area (Å²) in [6.45, 7) is 1.58. The molecule has 1 N–H and O–H groups in total. The lowest BCUT2D eigenvalue weighted by Crippen LogP contribution is -1.97. The molecule has 0 aliphatic heterocycles. The number of ether oxygens (including phenoxy) is 1. The van der Waals surface area contributed by atoms with Gasteiger partial charge in [0, 0.05) is 12.2 Å². The summed E-state index contributed by atoms with van der Waals surface area (Å²) < 4.78 is 5.76. The van der Waals surface area contributed by atoms with E-state index in [1.54, 1.807) is 0 Å². The second kappa shape index (κ2) is 5.34. The van der Waals surface area contributed by atoms with Gasteiger partial charge in [0.05, 0.1) is 17.6 Å². The van der Waals surface area contributed by atoms with Crippen molar-refractivity contribution in [3.63, 3.8) is 0 Å². The zero-order valence-corrected chi connectivity index (χ0v) is 11.9. The quantitative estimate of drug-likeness (QED) is 0.761. The Morgan fingerprint density at radius 3 is 2.86 bits per heavy atom. The van der Waals surface area contributed by atoms with Crippen LogP contribution in [0.25, 0.3) is 22.4 Å². The Labute approximate surface area is 124 Å². The molecule has 1 saturated carbocycles. The van der Waals surface area contributed by atoms with Gasteiger partial charge in [-0.05, 0) is 42.5 Å². The van der Waals surface area contributed by atoms with Crippen molar-refractivity contribution in [1.82, 2.24) is 9.97 Å². The number of hydrogen-bond acceptors (Lipinski definition) is 2. The predicted molar refractivity (Wildman–Crippen MR) is 83.9 cm³/mol. The Balaban J connectivity index is 1.55. The van der Waals surface area contributed by atoms with Crippen LogP contribution < -0.4 is 0 Å². The number of hydrogen-bond donors (Lipinski definition) is 1. The molecule has 106 valence electrons. The van der Waals surface area contributed by atoms with E-state index in [0.717, 1.165) is 34.9 Å². The Morgan fingerprint density at radius 1 is 1.10 bits per heavy atom. The maximum Gasteiger partial charge on any atom is 0.138 e. The Kier molecular flexibility index (Phi) is 3.20. The molecule has 21 heavy (non-hydrogen) atoms. The summed E-state index contributed by atoms with van der Waals surface area (Å²) in [7, 11) is 0. The van der Waals surface area contributed by atoms with E-state index >= 15 is 0 Å². The molecule has 1 aromatic heterocycles. The van der Waals surface area contributed by atoms with Crippen molar-refractivity contribution in [3.8, 4) is 11.4 Å². The van der Waals surface area contributed by atoms with Crippen LogP contribution in [0.4, 0.5) is 0 Å². The molecule has 1 aliphatic carbocycles. The number of fused-ring (bicyclic) bond motifs is 1. The van der Waals surface area contributed by atoms with Gasteiger partial charge >= 0.3 is 0 Å². The monoisotopic (exact) mass is 278 g/mol. The predicted octanol–water partition coefficient (Wildman–Crippen LogP) is 4.16. The van der Waals surface area contributed by atoms with Crippen LogP contribution in [0.2, 0.25) is 0 Å². The molecule has 2 aromatic carbocycles. The average molecular weight is 278 g/mol. The maximum atomic E-state index is 5.76. The number of aromatic nitrogens is 2. The molecule has 0 atom stereocenters. The molecule has 3 nitrogen and oxygen atoms in total. The number of H-pyrrole nitrogens is 1. The van der Waals surface area contributed by atoms with Crippen LogP contribution in [-0.4, -0.2) is 16.6 Å². The van der Waals surface area contributed by atoms with E-state index in [-0.39, 0.29) is 0 Å². The number of para-hydroxylation sites is 2. The first-order valence-corrected chi connectivity index (χ1v) is 7.50. The third kappa shape index (κ3) is 2.83. The van der Waals surface area contributed by atoms with Gasteiger partial charge in [-0.15, -0.1) is 0 Å². The van der Waals surface area contributed by atoms with Crippen molar-refractivity contribution < 1.29 is 4.74 Å². The third-order valence-electron chi connectivity index (χ3n) is 3.91. The average Bonchev–Trinajstić information content (AvgIpc) is 3.23. The van der Waals surface area contributed by atoms with E-state index in [1.165, 1.54) is 18.4 Å². The summed E-state index contributed by atoms with van der Waals surface area (Å²) in [5.41, 5.74) is 4.39. The lowest BCUT2D eigenvalue weighted by molar-refractivity contribution is 0.111. The number of benzene rings is 2. The van der Waals surface area contributed by atoms with Crippen LogP contribution in [0.1, 0.15) is 18.4 Å². The fraction of sp³-hybridized carbons (Fsp3) is 0.278. The van der Waals surface area contributed by atoms with Crippen LogP contribution in [0.15, 0.2) is 48.5 Å². The Morgan fingerprint density at radius 2 is 2.00 bits per heavy atom. The van der Waals surface area contributed by atoms with E-state index in [0.29, 0.717) is 6.61 Å². The molecule has 0 bridgehead atoms. The van der Waals surface area contributed by atoms with E-state index < -0.39 is 0 Å². The zero-order valence-electron chi connectivity index (χ0n) is 11.9. The molecule has 0 spiro atoms. The molecule has 4 rings (SSSR count). The summed E-state index contributed by atoms with van der Waals surface area (Å²) in [6, 6.07) is 16.5. The molecular formula is C18H18N2O. The molecule has 3 heteroatoms. The highest BCUT2D eigenvalue weighted by atomic mass is 16.5. The lowest BCUT2D eigenvalue weighted by Gasteiger charge is -2.05. The molecule has 1 heterocycles.